The average Bonchev–Trinajstić information content (AvgIpc) is 2.69. The lowest BCUT2D eigenvalue weighted by Gasteiger charge is -2.30. The molecule has 5 heteroatoms. The van der Waals surface area contributed by atoms with Gasteiger partial charge in [0.2, 0.25) is 0 Å². The second-order valence-electron chi connectivity index (χ2n) is 7.75. The van der Waals surface area contributed by atoms with Crippen molar-refractivity contribution in [1.82, 2.24) is 0 Å². The fraction of sp³-hybridized carbons (Fsp3) is 0.609. The fourth-order valence-corrected chi connectivity index (χ4v) is 3.92. The van der Waals surface area contributed by atoms with Gasteiger partial charge in [0.1, 0.15) is 17.3 Å². The van der Waals surface area contributed by atoms with E-state index < -0.39 is 5.92 Å². The summed E-state index contributed by atoms with van der Waals surface area (Å²) < 4.78 is 5.60. The number of methoxy groups -OCH3 is 1. The highest BCUT2D eigenvalue weighted by Crippen LogP contribution is 2.33. The summed E-state index contributed by atoms with van der Waals surface area (Å²) in [4.78, 5) is 38.8. The Hall–Kier alpha value is -2.17. The third-order valence-corrected chi connectivity index (χ3v) is 5.64. The van der Waals surface area contributed by atoms with Gasteiger partial charge in [-0.1, -0.05) is 6.92 Å². The molecule has 1 aliphatic heterocycles. The maximum atomic E-state index is 13.2. The van der Waals surface area contributed by atoms with Crippen LogP contribution in [0.2, 0.25) is 0 Å². The maximum absolute atomic E-state index is 13.2. The van der Waals surface area contributed by atoms with Crippen LogP contribution in [0.4, 0.5) is 5.69 Å². The average molecular weight is 388 g/mol. The predicted molar refractivity (Wildman–Crippen MR) is 111 cm³/mol. The summed E-state index contributed by atoms with van der Waals surface area (Å²) >= 11 is 0. The van der Waals surface area contributed by atoms with Gasteiger partial charge in [0.15, 0.2) is 5.78 Å². The molecule has 1 saturated heterocycles. The van der Waals surface area contributed by atoms with Crippen molar-refractivity contribution in [3.8, 4) is 5.75 Å². The van der Waals surface area contributed by atoms with Gasteiger partial charge >= 0.3 is 0 Å². The van der Waals surface area contributed by atoms with E-state index in [4.69, 9.17) is 4.74 Å². The van der Waals surface area contributed by atoms with E-state index in [1.54, 1.807) is 7.11 Å². The minimum absolute atomic E-state index is 0.0354. The molecule has 1 aliphatic rings. The molecular formula is C23H33NO4. The largest absolute Gasteiger partial charge is 0.496 e. The second kappa shape index (κ2) is 10.4. The maximum Gasteiger partial charge on any atom is 0.164 e. The molecule has 0 aliphatic carbocycles. The molecule has 1 fully saturated rings. The van der Waals surface area contributed by atoms with E-state index in [0.717, 1.165) is 42.9 Å². The predicted octanol–water partition coefficient (Wildman–Crippen LogP) is 4.40. The molecule has 1 unspecified atom stereocenters. The third kappa shape index (κ3) is 5.66. The lowest BCUT2D eigenvalue weighted by atomic mass is 9.88. The van der Waals surface area contributed by atoms with Crippen LogP contribution in [0.1, 0.15) is 75.2 Å². The zero-order chi connectivity index (χ0) is 20.7. The van der Waals surface area contributed by atoms with E-state index in [-0.39, 0.29) is 23.8 Å². The quantitative estimate of drug-likeness (QED) is 0.557. The van der Waals surface area contributed by atoms with Crippen molar-refractivity contribution in [2.24, 2.45) is 5.92 Å². The van der Waals surface area contributed by atoms with Gasteiger partial charge in [0.25, 0.3) is 0 Å². The molecule has 1 heterocycles. The van der Waals surface area contributed by atoms with Crippen LogP contribution in [0.5, 0.6) is 5.75 Å². The Morgan fingerprint density at radius 3 is 2.32 bits per heavy atom. The van der Waals surface area contributed by atoms with Gasteiger partial charge in [0.05, 0.1) is 7.11 Å². The Morgan fingerprint density at radius 1 is 1.11 bits per heavy atom. The highest BCUT2D eigenvalue weighted by molar-refractivity contribution is 6.01. The van der Waals surface area contributed by atoms with Crippen LogP contribution in [-0.2, 0) is 16.0 Å². The van der Waals surface area contributed by atoms with E-state index in [9.17, 15) is 14.4 Å². The highest BCUT2D eigenvalue weighted by atomic mass is 16.5. The zero-order valence-electron chi connectivity index (χ0n) is 17.7. The first-order chi connectivity index (χ1) is 13.4. The summed E-state index contributed by atoms with van der Waals surface area (Å²) in [7, 11) is 1.63. The van der Waals surface area contributed by atoms with Crippen molar-refractivity contribution in [3.63, 3.8) is 0 Å². The molecular weight excluding hydrogens is 354 g/mol. The highest BCUT2D eigenvalue weighted by Gasteiger charge is 2.24. The summed E-state index contributed by atoms with van der Waals surface area (Å²) in [5.41, 5.74) is 2.55. The number of nitrogens with zero attached hydrogens (tertiary/aromatic N) is 1. The summed E-state index contributed by atoms with van der Waals surface area (Å²) in [6.07, 6.45) is 5.13. The SMILES string of the molecule is CCc1c(OC)cc(N2CCCCC2)cc1C(=O)CC(CCC(C)=O)C(C)=O. The molecule has 154 valence electrons. The van der Waals surface area contributed by atoms with E-state index in [0.29, 0.717) is 24.8 Å². The molecule has 1 aromatic carbocycles. The number of carbonyl (C=O) groups is 3. The van der Waals surface area contributed by atoms with Crippen LogP contribution in [0.3, 0.4) is 0 Å². The monoisotopic (exact) mass is 387 g/mol. The zero-order valence-corrected chi connectivity index (χ0v) is 17.7. The van der Waals surface area contributed by atoms with E-state index >= 15 is 0 Å². The molecule has 0 bridgehead atoms. The van der Waals surface area contributed by atoms with E-state index in [1.165, 1.54) is 20.3 Å². The number of ketones is 3. The standard InChI is InChI=1S/C23H33NO4/c1-5-20-21(22(27)13-18(17(3)26)10-9-16(2)25)14-19(15-23(20)28-4)24-11-7-6-8-12-24/h14-15,18H,5-13H2,1-4H3. The lowest BCUT2D eigenvalue weighted by Crippen LogP contribution is -2.29. The number of benzene rings is 1. The van der Waals surface area contributed by atoms with Crippen molar-refractivity contribution in [2.75, 3.05) is 25.1 Å². The van der Waals surface area contributed by atoms with Crippen LogP contribution in [-0.4, -0.2) is 37.5 Å². The fourth-order valence-electron chi connectivity index (χ4n) is 3.92. The van der Waals surface area contributed by atoms with Gasteiger partial charge in [0, 0.05) is 54.7 Å². The number of carbonyl (C=O) groups excluding carboxylic acids is 3. The molecule has 0 aromatic heterocycles. The lowest BCUT2D eigenvalue weighted by molar-refractivity contribution is -0.121. The Labute approximate surface area is 168 Å². The molecule has 0 N–H and O–H groups in total. The summed E-state index contributed by atoms with van der Waals surface area (Å²) in [5, 5.41) is 0. The molecule has 28 heavy (non-hydrogen) atoms. The van der Waals surface area contributed by atoms with Crippen molar-refractivity contribution in [2.45, 2.75) is 65.7 Å². The first kappa shape index (κ1) is 22.1. The van der Waals surface area contributed by atoms with E-state index in [2.05, 4.69) is 4.90 Å². The van der Waals surface area contributed by atoms with Gasteiger partial charge in [-0.15, -0.1) is 0 Å². The number of hydrogen-bond acceptors (Lipinski definition) is 5. The Balaban J connectivity index is 2.33. The molecule has 2 rings (SSSR count). The number of hydrogen-bond donors (Lipinski definition) is 0. The molecule has 5 nitrogen and oxygen atoms in total. The Kier molecular flexibility index (Phi) is 8.21. The number of piperidine rings is 1. The number of Topliss-reactive ketones (excluding diaryl/α,β-unsaturated/α-hetero) is 3. The summed E-state index contributed by atoms with van der Waals surface area (Å²) in [6.45, 7) is 6.99. The second-order valence-corrected chi connectivity index (χ2v) is 7.75. The first-order valence-electron chi connectivity index (χ1n) is 10.4. The number of anilines is 1. The first-order valence-corrected chi connectivity index (χ1v) is 10.4. The number of rotatable bonds is 10. The van der Waals surface area contributed by atoms with Crippen molar-refractivity contribution < 1.29 is 19.1 Å². The van der Waals surface area contributed by atoms with Crippen molar-refractivity contribution >= 4 is 23.0 Å². The van der Waals surface area contributed by atoms with Crippen LogP contribution in [0, 0.1) is 5.92 Å². The van der Waals surface area contributed by atoms with Gasteiger partial charge in [-0.2, -0.15) is 0 Å². The van der Waals surface area contributed by atoms with Gasteiger partial charge in [-0.25, -0.2) is 0 Å². The van der Waals surface area contributed by atoms with Crippen LogP contribution in [0.15, 0.2) is 12.1 Å². The topological polar surface area (TPSA) is 63.7 Å². The molecule has 0 radical (unpaired) electrons. The molecule has 1 atom stereocenters. The number of ether oxygens (including phenoxy) is 1. The normalized spacial score (nSPS) is 15.2. The Bertz CT molecular complexity index is 720. The van der Waals surface area contributed by atoms with Crippen LogP contribution < -0.4 is 9.64 Å². The minimum atomic E-state index is -0.411. The summed E-state index contributed by atoms with van der Waals surface area (Å²) in [5.74, 6) is 0.286. The van der Waals surface area contributed by atoms with Gasteiger partial charge in [-0.3, -0.25) is 9.59 Å². The van der Waals surface area contributed by atoms with Gasteiger partial charge in [-0.05, 0) is 52.0 Å². The van der Waals surface area contributed by atoms with Crippen molar-refractivity contribution in [3.05, 3.63) is 23.3 Å². The molecule has 1 aromatic rings. The van der Waals surface area contributed by atoms with Crippen LogP contribution in [0.25, 0.3) is 0 Å². The molecule has 0 amide bonds. The van der Waals surface area contributed by atoms with Gasteiger partial charge < -0.3 is 14.4 Å². The smallest absolute Gasteiger partial charge is 0.164 e. The van der Waals surface area contributed by atoms with Crippen LogP contribution >= 0.6 is 0 Å². The Morgan fingerprint density at radius 2 is 1.79 bits per heavy atom. The molecule has 0 spiro atoms. The minimum Gasteiger partial charge on any atom is -0.496 e. The molecule has 0 saturated carbocycles. The summed E-state index contributed by atoms with van der Waals surface area (Å²) in [6, 6.07) is 4.00. The third-order valence-electron chi connectivity index (χ3n) is 5.64. The van der Waals surface area contributed by atoms with Crippen molar-refractivity contribution in [1.29, 1.82) is 0 Å². The van der Waals surface area contributed by atoms with E-state index in [1.807, 2.05) is 19.1 Å².